The summed E-state index contributed by atoms with van der Waals surface area (Å²) in [6, 6.07) is 0. The maximum atomic E-state index is 7.00. The molecule has 3 nitrogen and oxygen atoms in total. The molecule has 0 saturated carbocycles. The van der Waals surface area contributed by atoms with Gasteiger partial charge < -0.3 is 5.48 Å². The molecule has 8 heavy (non-hydrogen) atoms. The third-order valence-electron chi connectivity index (χ3n) is 0. The molecule has 0 atom stereocenters. The van der Waals surface area contributed by atoms with Crippen molar-refractivity contribution >= 4 is 40.2 Å². The summed E-state index contributed by atoms with van der Waals surface area (Å²) in [6.45, 7) is 0. The fourth-order valence-corrected chi connectivity index (χ4v) is 0. The molecule has 6 heteroatoms. The van der Waals surface area contributed by atoms with Crippen LogP contribution in [0.2, 0.25) is 0 Å². The highest BCUT2D eigenvalue weighted by atomic mass is 32.1. The Morgan fingerprint density at radius 3 is 0.875 bits per heavy atom. The van der Waals surface area contributed by atoms with Crippen molar-refractivity contribution in [2.24, 2.45) is 0 Å². The van der Waals surface area contributed by atoms with Crippen molar-refractivity contribution in [3.63, 3.8) is 0 Å². The first-order valence-corrected chi connectivity index (χ1v) is 0.167. The Bertz CT molecular complexity index is 21.8. The Morgan fingerprint density at radius 2 is 0.875 bits per heavy atom. The highest BCUT2D eigenvalue weighted by Crippen LogP contribution is 0.741. The number of hydrogen-bond acceptors (Lipinski definition) is 2. The van der Waals surface area contributed by atoms with Crippen LogP contribution in [0.15, 0.2) is 0 Å². The molecule has 0 spiro atoms. The molecule has 0 radical (unpaired) electrons. The predicted molar refractivity (Wildman–Crippen MR) is 55.0 cm³/mol. The fraction of sp³-hybridized carbons (Fsp3) is 1.00. The lowest BCUT2D eigenvalue weighted by molar-refractivity contribution is 0.824. The van der Waals surface area contributed by atoms with Gasteiger partial charge in [-0.15, -0.1) is 0 Å². The average molecular weight is 190 g/mol. The van der Waals surface area contributed by atoms with Crippen LogP contribution in [0.25, 0.3) is 0 Å². The smallest absolute Gasteiger partial charge is 0.0985 e. The molecule has 0 unspecified atom stereocenters. The van der Waals surface area contributed by atoms with Crippen molar-refractivity contribution in [3.8, 4) is 0 Å². The molecule has 0 amide bonds. The van der Waals surface area contributed by atoms with Gasteiger partial charge in [-0.1, -0.05) is 14.9 Å². The Labute approximate surface area is 74.4 Å². The second-order valence-electron chi connectivity index (χ2n) is 0. The Balaban J connectivity index is -0.00000000356. The van der Waals surface area contributed by atoms with E-state index in [2.05, 4.69) is 40.2 Å². The van der Waals surface area contributed by atoms with Gasteiger partial charge >= 0.3 is 0 Å². The summed E-state index contributed by atoms with van der Waals surface area (Å²) in [5, 5.41) is 0. The molecular formula is C2H16O3S3. The minimum absolute atomic E-state index is 0. The summed E-state index contributed by atoms with van der Waals surface area (Å²) in [4.78, 5) is 14.0. The van der Waals surface area contributed by atoms with Crippen LogP contribution in [0, 0.1) is 9.93 Å². The van der Waals surface area contributed by atoms with E-state index in [0.717, 1.165) is 0 Å². The van der Waals surface area contributed by atoms with E-state index >= 15 is 0 Å². The van der Waals surface area contributed by atoms with Crippen LogP contribution >= 0.6 is 40.2 Å². The van der Waals surface area contributed by atoms with E-state index in [1.54, 1.807) is 0 Å². The van der Waals surface area contributed by atoms with E-state index in [9.17, 15) is 0 Å². The second-order valence-corrected chi connectivity index (χ2v) is 0. The molecule has 0 aliphatic heterocycles. The molecule has 0 saturated heterocycles. The highest BCUT2D eigenvalue weighted by molar-refractivity contribution is 7.59. The molecule has 0 aromatic rings. The van der Waals surface area contributed by atoms with Crippen LogP contribution < -0.4 is 0 Å². The van der Waals surface area contributed by atoms with Crippen LogP contribution in [-0.2, 0) is 0 Å². The minimum atomic E-state index is 0. The fourth-order valence-electron chi connectivity index (χ4n) is 0. The summed E-state index contributed by atoms with van der Waals surface area (Å²) < 4.78 is 16.3. The Hall–Kier alpha value is 0.610. The first-order chi connectivity index (χ1) is 4.00. The number of rotatable bonds is 0. The van der Waals surface area contributed by atoms with Crippen LogP contribution in [0.5, 0.6) is 0 Å². The normalized spacial score (nSPS) is 3.12. The lowest BCUT2D eigenvalue weighted by Gasteiger charge is -0.707. The van der Waals surface area contributed by atoms with Gasteiger partial charge in [0.1, 0.15) is 0 Å². The van der Waals surface area contributed by atoms with Gasteiger partial charge in [-0.05, 0) is 0 Å². The van der Waals surface area contributed by atoms with Crippen molar-refractivity contribution in [2.75, 3.05) is 0 Å². The van der Waals surface area contributed by atoms with Crippen LogP contribution in [0.1, 0.15) is 14.9 Å². The summed E-state index contributed by atoms with van der Waals surface area (Å²) in [6.07, 6.45) is 0. The van der Waals surface area contributed by atoms with Gasteiger partial charge in [-0.25, -0.2) is 0 Å². The van der Waals surface area contributed by atoms with Gasteiger partial charge in [-0.3, -0.25) is 0 Å². The van der Waals surface area contributed by atoms with Crippen LogP contribution in [0.4, 0.5) is 0 Å². The SMILES string of the molecule is C.C.O.O=O.[3H]S.[3H]S.[3H]S. The number of hydrogen-bond donors (Lipinski definition) is 0. The van der Waals surface area contributed by atoms with E-state index in [-0.39, 0.29) is 20.3 Å². The zero-order chi connectivity index (χ0) is 8.00. The molecule has 0 bridgehead atoms. The predicted octanol–water partition coefficient (Wildman–Crippen LogP) is 0.853. The summed E-state index contributed by atoms with van der Waals surface area (Å²) in [5.41, 5.74) is 0. The molecule has 0 aliphatic rings. The molecular weight excluding hydrogens is 168 g/mol. The Kier molecular flexibility index (Phi) is 2620. The lowest BCUT2D eigenvalue weighted by Crippen LogP contribution is -0.674. The van der Waals surface area contributed by atoms with Gasteiger partial charge in [0.05, 0.1) is 3.37 Å². The molecule has 2 N–H and O–H groups in total. The molecule has 0 rings (SSSR count). The van der Waals surface area contributed by atoms with Gasteiger partial charge in [0.25, 0.3) is 0 Å². The summed E-state index contributed by atoms with van der Waals surface area (Å²) >= 11 is 8.33. The zero-order valence-electron chi connectivity index (χ0n) is 5.66. The molecule has 0 heterocycles. The first kappa shape index (κ1) is 23.5. The lowest BCUT2D eigenvalue weighted by atomic mass is 12.0. The van der Waals surface area contributed by atoms with E-state index < -0.39 is 0 Å². The van der Waals surface area contributed by atoms with E-state index in [1.165, 1.54) is 0 Å². The molecule has 0 aromatic carbocycles. The van der Waals surface area contributed by atoms with Crippen LogP contribution in [0.3, 0.4) is 0 Å². The standard InChI is InChI=1S/2CH4.O2.H2O.3H2S/c;;1-2;;;;/h2*1H4;;4*1H2/i/hT3. The summed E-state index contributed by atoms with van der Waals surface area (Å²) in [7, 11) is 0. The van der Waals surface area contributed by atoms with Crippen molar-refractivity contribution < 1.29 is 5.48 Å². The summed E-state index contributed by atoms with van der Waals surface area (Å²) in [5.74, 6) is 0. The minimum Gasteiger partial charge on any atom is -0.412 e. The van der Waals surface area contributed by atoms with Gasteiger partial charge in [0, 0.05) is 9.93 Å². The van der Waals surface area contributed by atoms with Gasteiger partial charge in [-0.2, -0.15) is 40.2 Å². The quantitative estimate of drug-likeness (QED) is 0.568. The Morgan fingerprint density at radius 1 is 0.875 bits per heavy atom. The van der Waals surface area contributed by atoms with E-state index in [0.29, 0.717) is 0 Å². The van der Waals surface area contributed by atoms with Crippen molar-refractivity contribution in [2.45, 2.75) is 14.9 Å². The van der Waals surface area contributed by atoms with Crippen molar-refractivity contribution in [3.05, 3.63) is 9.93 Å². The second kappa shape index (κ2) is 894. The van der Waals surface area contributed by atoms with Crippen molar-refractivity contribution in [1.29, 1.82) is 3.37 Å². The van der Waals surface area contributed by atoms with Crippen molar-refractivity contribution in [1.82, 2.24) is 0 Å². The third kappa shape index (κ3) is 559. The van der Waals surface area contributed by atoms with Crippen LogP contribution in [-0.4, -0.2) is 8.85 Å². The largest absolute Gasteiger partial charge is 0.412 e. The van der Waals surface area contributed by atoms with E-state index in [1.807, 2.05) is 0 Å². The highest BCUT2D eigenvalue weighted by Gasteiger charge is 0.707. The monoisotopic (exact) mass is 190 g/mol. The molecule has 60 valence electrons. The topological polar surface area (TPSA) is 65.6 Å². The molecule has 0 aromatic heterocycles. The molecule has 0 fully saturated rings. The van der Waals surface area contributed by atoms with E-state index in [4.69, 9.17) is 13.3 Å². The van der Waals surface area contributed by atoms with Gasteiger partial charge in [0.15, 0.2) is 0 Å². The molecule has 0 aliphatic carbocycles. The average Bonchev–Trinajstić information content (AvgIpc) is 2.03. The maximum absolute atomic E-state index is 7.00. The van der Waals surface area contributed by atoms with Gasteiger partial charge in [0.2, 0.25) is 0 Å². The first-order valence-electron chi connectivity index (χ1n) is 1.51. The zero-order valence-corrected chi connectivity index (χ0v) is 5.34. The third-order valence-corrected chi connectivity index (χ3v) is 0. The maximum Gasteiger partial charge on any atom is 0.0985 e.